The Balaban J connectivity index is 2.66. The number of amides is 1. The first-order valence-corrected chi connectivity index (χ1v) is 5.19. The van der Waals surface area contributed by atoms with Crippen molar-refractivity contribution in [3.8, 4) is 0 Å². The Hall–Kier alpha value is -1.93. The van der Waals surface area contributed by atoms with Gasteiger partial charge >= 0.3 is 12.3 Å². The summed E-state index contributed by atoms with van der Waals surface area (Å²) in [6, 6.07) is 2.48. The molecule has 0 saturated heterocycles. The topological polar surface area (TPSA) is 58.1 Å². The number of halogens is 4. The molecule has 1 aromatic heterocycles. The molecule has 1 rings (SSSR count). The van der Waals surface area contributed by atoms with E-state index in [1.807, 2.05) is 5.32 Å². The van der Waals surface area contributed by atoms with E-state index in [9.17, 15) is 22.4 Å². The van der Waals surface area contributed by atoms with Crippen molar-refractivity contribution in [3.05, 3.63) is 17.8 Å². The Bertz CT molecular complexity index is 436. The monoisotopic (exact) mass is 280 g/mol. The molecule has 0 saturated carbocycles. The normalized spacial score (nSPS) is 11.5. The van der Waals surface area contributed by atoms with Gasteiger partial charge in [0.05, 0.1) is 6.54 Å². The average Bonchev–Trinajstić information content (AvgIpc) is 2.36. The van der Waals surface area contributed by atoms with Crippen LogP contribution in [0.15, 0.2) is 12.1 Å². The molecule has 0 aromatic carbocycles. The van der Waals surface area contributed by atoms with E-state index >= 15 is 0 Å². The fraction of sp³-hybridized carbons (Fsp3) is 0.500. The molecule has 0 atom stereocenters. The van der Waals surface area contributed by atoms with Gasteiger partial charge in [-0.2, -0.15) is 8.78 Å². The summed E-state index contributed by atoms with van der Waals surface area (Å²) in [5, 5.41) is 9.00. The quantitative estimate of drug-likeness (QED) is 0.830. The molecule has 0 spiro atoms. The predicted molar refractivity (Wildman–Crippen MR) is 59.5 cm³/mol. The summed E-state index contributed by atoms with van der Waals surface area (Å²) in [7, 11) is 3.03. The van der Waals surface area contributed by atoms with Crippen LogP contribution in [0.4, 0.5) is 23.4 Å². The first-order chi connectivity index (χ1) is 8.74. The number of aromatic nitrogens is 2. The van der Waals surface area contributed by atoms with Crippen LogP contribution in [0.1, 0.15) is 10.5 Å². The Morgan fingerprint density at radius 2 is 2.00 bits per heavy atom. The highest BCUT2D eigenvalue weighted by Crippen LogP contribution is 2.22. The van der Waals surface area contributed by atoms with Crippen molar-refractivity contribution in [2.24, 2.45) is 0 Å². The Labute approximate surface area is 106 Å². The summed E-state index contributed by atoms with van der Waals surface area (Å²) >= 11 is 0. The molecular weight excluding hydrogens is 268 g/mol. The fourth-order valence-electron chi connectivity index (χ4n) is 1.06. The summed E-state index contributed by atoms with van der Waals surface area (Å²) in [4.78, 5) is 12.7. The van der Waals surface area contributed by atoms with Crippen molar-refractivity contribution in [2.75, 3.05) is 26.0 Å². The zero-order chi connectivity index (χ0) is 14.6. The van der Waals surface area contributed by atoms with Crippen molar-refractivity contribution in [1.29, 1.82) is 0 Å². The number of nitrogens with one attached hydrogen (secondary N) is 1. The van der Waals surface area contributed by atoms with Crippen LogP contribution in [0.5, 0.6) is 0 Å². The summed E-state index contributed by atoms with van der Waals surface area (Å²) in [6.45, 7) is -1.26. The molecule has 0 unspecified atom stereocenters. The standard InChI is InChI=1S/C10H12F4N4O/c1-18(2)8(19)6-3-4-7(17-16-6)15-5-10(13,14)9(11)12/h3-4,9H,5H2,1-2H3,(H,15,17). The third-order valence-electron chi connectivity index (χ3n) is 2.11. The van der Waals surface area contributed by atoms with Crippen LogP contribution in [0, 0.1) is 0 Å². The number of carbonyl (C=O) groups excluding carboxylic acids is 1. The molecule has 0 bridgehead atoms. The molecule has 0 aliphatic heterocycles. The van der Waals surface area contributed by atoms with Gasteiger partial charge in [-0.25, -0.2) is 8.78 Å². The number of hydrogen-bond donors (Lipinski definition) is 1. The van der Waals surface area contributed by atoms with Gasteiger partial charge in [0, 0.05) is 14.1 Å². The fourth-order valence-corrected chi connectivity index (χ4v) is 1.06. The molecule has 19 heavy (non-hydrogen) atoms. The highest BCUT2D eigenvalue weighted by Gasteiger charge is 2.40. The summed E-state index contributed by atoms with van der Waals surface area (Å²) in [5.41, 5.74) is 0.0242. The van der Waals surface area contributed by atoms with E-state index in [0.29, 0.717) is 0 Å². The molecule has 9 heteroatoms. The predicted octanol–water partition coefficient (Wildman–Crippen LogP) is 1.49. The molecule has 1 heterocycles. The maximum atomic E-state index is 12.6. The second kappa shape index (κ2) is 5.81. The van der Waals surface area contributed by atoms with Crippen LogP contribution in [0.2, 0.25) is 0 Å². The van der Waals surface area contributed by atoms with E-state index < -0.39 is 24.8 Å². The minimum absolute atomic E-state index is 0.0242. The largest absolute Gasteiger partial charge is 0.362 e. The lowest BCUT2D eigenvalue weighted by molar-refractivity contribution is -0.117. The molecule has 1 amide bonds. The zero-order valence-corrected chi connectivity index (χ0v) is 10.2. The van der Waals surface area contributed by atoms with Crippen molar-refractivity contribution < 1.29 is 22.4 Å². The molecule has 0 fully saturated rings. The van der Waals surface area contributed by atoms with Crippen LogP contribution in [0.25, 0.3) is 0 Å². The van der Waals surface area contributed by atoms with Gasteiger partial charge in [0.15, 0.2) is 5.69 Å². The second-order valence-electron chi connectivity index (χ2n) is 3.92. The van der Waals surface area contributed by atoms with Gasteiger partial charge < -0.3 is 10.2 Å². The summed E-state index contributed by atoms with van der Waals surface area (Å²) in [5.74, 6) is -4.67. The van der Waals surface area contributed by atoms with Crippen molar-refractivity contribution in [1.82, 2.24) is 15.1 Å². The number of carbonyl (C=O) groups is 1. The molecule has 0 aliphatic rings. The SMILES string of the molecule is CN(C)C(=O)c1ccc(NCC(F)(F)C(F)F)nn1. The van der Waals surface area contributed by atoms with Gasteiger partial charge in [0.25, 0.3) is 5.91 Å². The van der Waals surface area contributed by atoms with Crippen molar-refractivity contribution >= 4 is 11.7 Å². The van der Waals surface area contributed by atoms with Crippen molar-refractivity contribution in [3.63, 3.8) is 0 Å². The van der Waals surface area contributed by atoms with Gasteiger partial charge in [-0.1, -0.05) is 0 Å². The third kappa shape index (κ3) is 4.04. The first kappa shape index (κ1) is 15.1. The van der Waals surface area contributed by atoms with Crippen LogP contribution in [0.3, 0.4) is 0 Å². The number of nitrogens with zero attached hydrogens (tertiary/aromatic N) is 3. The number of rotatable bonds is 5. The summed E-state index contributed by atoms with van der Waals surface area (Å²) < 4.78 is 49.0. The summed E-state index contributed by atoms with van der Waals surface area (Å²) in [6.07, 6.45) is -3.76. The van der Waals surface area contributed by atoms with E-state index in [-0.39, 0.29) is 11.5 Å². The van der Waals surface area contributed by atoms with Crippen LogP contribution in [-0.2, 0) is 0 Å². The Kier molecular flexibility index (Phi) is 4.62. The smallest absolute Gasteiger partial charge is 0.324 e. The van der Waals surface area contributed by atoms with Gasteiger partial charge in [0.2, 0.25) is 0 Å². The van der Waals surface area contributed by atoms with Gasteiger partial charge in [-0.05, 0) is 12.1 Å². The zero-order valence-electron chi connectivity index (χ0n) is 10.2. The van der Waals surface area contributed by atoms with E-state index in [2.05, 4.69) is 10.2 Å². The molecular formula is C10H12F4N4O. The van der Waals surface area contributed by atoms with Crippen LogP contribution in [-0.4, -0.2) is 54.0 Å². The Morgan fingerprint density at radius 1 is 1.37 bits per heavy atom. The lowest BCUT2D eigenvalue weighted by Gasteiger charge is -2.16. The molecule has 1 aromatic rings. The lowest BCUT2D eigenvalue weighted by atomic mass is 10.3. The molecule has 0 aliphatic carbocycles. The number of hydrogen-bond acceptors (Lipinski definition) is 4. The molecule has 5 nitrogen and oxygen atoms in total. The molecule has 1 N–H and O–H groups in total. The van der Waals surface area contributed by atoms with E-state index in [4.69, 9.17) is 0 Å². The highest BCUT2D eigenvalue weighted by atomic mass is 19.3. The maximum Gasteiger partial charge on any atom is 0.324 e. The first-order valence-electron chi connectivity index (χ1n) is 5.19. The number of anilines is 1. The lowest BCUT2D eigenvalue weighted by Crippen LogP contribution is -2.35. The highest BCUT2D eigenvalue weighted by molar-refractivity contribution is 5.91. The average molecular weight is 280 g/mol. The molecule has 106 valence electrons. The van der Waals surface area contributed by atoms with Crippen molar-refractivity contribution in [2.45, 2.75) is 12.3 Å². The number of alkyl halides is 4. The molecule has 0 radical (unpaired) electrons. The van der Waals surface area contributed by atoms with Crippen LogP contribution < -0.4 is 5.32 Å². The van der Waals surface area contributed by atoms with Gasteiger partial charge in [0.1, 0.15) is 5.82 Å². The second-order valence-corrected chi connectivity index (χ2v) is 3.92. The van der Waals surface area contributed by atoms with E-state index in [1.165, 1.54) is 31.1 Å². The van der Waals surface area contributed by atoms with E-state index in [0.717, 1.165) is 0 Å². The van der Waals surface area contributed by atoms with E-state index in [1.54, 1.807) is 0 Å². The van der Waals surface area contributed by atoms with Gasteiger partial charge in [-0.3, -0.25) is 4.79 Å². The third-order valence-corrected chi connectivity index (χ3v) is 2.11. The van der Waals surface area contributed by atoms with Crippen LogP contribution >= 0.6 is 0 Å². The Morgan fingerprint density at radius 3 is 2.42 bits per heavy atom. The maximum absolute atomic E-state index is 12.6. The minimum atomic E-state index is -4.15. The van der Waals surface area contributed by atoms with Gasteiger partial charge in [-0.15, -0.1) is 10.2 Å². The minimum Gasteiger partial charge on any atom is -0.362 e.